The number of hydrogen-bond acceptors (Lipinski definition) is 3. The molecule has 2 N–H and O–H groups in total. The van der Waals surface area contributed by atoms with E-state index >= 15 is 0 Å². The number of nitrogens with zero attached hydrogens (tertiary/aromatic N) is 2. The summed E-state index contributed by atoms with van der Waals surface area (Å²) in [7, 11) is 0. The average Bonchev–Trinajstić information content (AvgIpc) is 2.60. The van der Waals surface area contributed by atoms with Crippen molar-refractivity contribution in [2.75, 3.05) is 39.3 Å². The first-order valence-corrected chi connectivity index (χ1v) is 10.6. The lowest BCUT2D eigenvalue weighted by Crippen LogP contribution is -2.40. The van der Waals surface area contributed by atoms with Crippen molar-refractivity contribution in [3.63, 3.8) is 0 Å². The van der Waals surface area contributed by atoms with Gasteiger partial charge in [0.25, 0.3) is 0 Å². The highest BCUT2D eigenvalue weighted by Crippen LogP contribution is 2.24. The molecule has 0 aromatic heterocycles. The normalized spacial score (nSPS) is 25.4. The lowest BCUT2D eigenvalue weighted by Gasteiger charge is -2.35. The van der Waals surface area contributed by atoms with Crippen molar-refractivity contribution >= 4 is 0 Å². The molecule has 0 aliphatic carbocycles. The highest BCUT2D eigenvalue weighted by Gasteiger charge is 2.21. The molecule has 146 valence electrons. The summed E-state index contributed by atoms with van der Waals surface area (Å²) in [5, 5.41) is 0. The number of likely N-dealkylation sites (tertiary alicyclic amines) is 2. The third-order valence-electron chi connectivity index (χ3n) is 6.16. The van der Waals surface area contributed by atoms with Crippen molar-refractivity contribution in [2.24, 2.45) is 23.5 Å². The Kier molecular flexibility index (Phi) is 11.2. The van der Waals surface area contributed by atoms with Crippen LogP contribution in [0.3, 0.4) is 0 Å². The van der Waals surface area contributed by atoms with E-state index in [9.17, 15) is 0 Å². The minimum Gasteiger partial charge on any atom is -0.330 e. The van der Waals surface area contributed by atoms with Crippen molar-refractivity contribution in [3.8, 4) is 0 Å². The summed E-state index contributed by atoms with van der Waals surface area (Å²) in [5.74, 6) is 2.77. The fourth-order valence-corrected chi connectivity index (χ4v) is 4.04. The molecule has 0 spiro atoms. The van der Waals surface area contributed by atoms with Gasteiger partial charge in [-0.05, 0) is 95.9 Å². The van der Waals surface area contributed by atoms with E-state index in [1.807, 2.05) is 0 Å². The van der Waals surface area contributed by atoms with Crippen LogP contribution in [0, 0.1) is 17.8 Å². The maximum Gasteiger partial charge on any atom is 0.00644 e. The van der Waals surface area contributed by atoms with Crippen LogP contribution >= 0.6 is 0 Å². The Morgan fingerprint density at radius 3 is 2.25 bits per heavy atom. The molecule has 0 aromatic rings. The maximum absolute atomic E-state index is 5.49. The van der Waals surface area contributed by atoms with Gasteiger partial charge in [-0.25, -0.2) is 0 Å². The van der Waals surface area contributed by atoms with Crippen LogP contribution in [0.25, 0.3) is 0 Å². The molecular weight excluding hydrogens is 294 g/mol. The molecule has 24 heavy (non-hydrogen) atoms. The second kappa shape index (κ2) is 12.3. The molecule has 0 radical (unpaired) electrons. The van der Waals surface area contributed by atoms with Gasteiger partial charge in [-0.15, -0.1) is 0 Å². The Labute approximate surface area is 153 Å². The summed E-state index contributed by atoms with van der Waals surface area (Å²) in [5.41, 5.74) is 5.49. The number of piperidine rings is 2. The van der Waals surface area contributed by atoms with Crippen molar-refractivity contribution in [2.45, 2.75) is 79.2 Å². The molecule has 0 saturated carbocycles. The summed E-state index contributed by atoms with van der Waals surface area (Å²) in [6.45, 7) is 19.0. The zero-order valence-electron chi connectivity index (χ0n) is 17.3. The third kappa shape index (κ3) is 8.31. The van der Waals surface area contributed by atoms with Crippen LogP contribution in [-0.2, 0) is 0 Å². The van der Waals surface area contributed by atoms with Crippen molar-refractivity contribution in [1.29, 1.82) is 0 Å². The highest BCUT2D eigenvalue weighted by atomic mass is 15.2. The van der Waals surface area contributed by atoms with Crippen LogP contribution in [0.5, 0.6) is 0 Å². The molecule has 2 aliphatic rings. The van der Waals surface area contributed by atoms with Gasteiger partial charge in [0.1, 0.15) is 0 Å². The van der Waals surface area contributed by atoms with E-state index in [2.05, 4.69) is 44.4 Å². The summed E-state index contributed by atoms with van der Waals surface area (Å²) in [6.07, 6.45) is 8.09. The third-order valence-corrected chi connectivity index (χ3v) is 6.16. The van der Waals surface area contributed by atoms with E-state index in [-0.39, 0.29) is 1.43 Å². The molecule has 0 amide bonds. The number of nitrogens with two attached hydrogens (primary N) is 1. The van der Waals surface area contributed by atoms with Gasteiger partial charge in [0, 0.05) is 14.0 Å². The number of rotatable bonds is 6. The number of hydrogen-bond donors (Lipinski definition) is 1. The summed E-state index contributed by atoms with van der Waals surface area (Å²) >= 11 is 0. The average molecular weight is 342 g/mol. The fraction of sp³-hybridized carbons (Fsp3) is 1.00. The van der Waals surface area contributed by atoms with Crippen molar-refractivity contribution in [3.05, 3.63) is 0 Å². The van der Waals surface area contributed by atoms with Crippen LogP contribution in [-0.4, -0.2) is 55.1 Å². The van der Waals surface area contributed by atoms with E-state index in [1.165, 1.54) is 64.8 Å². The van der Waals surface area contributed by atoms with E-state index in [0.29, 0.717) is 0 Å². The van der Waals surface area contributed by atoms with Gasteiger partial charge in [0.05, 0.1) is 0 Å². The van der Waals surface area contributed by atoms with E-state index in [4.69, 9.17) is 5.73 Å². The van der Waals surface area contributed by atoms with Crippen LogP contribution in [0.15, 0.2) is 0 Å². The van der Waals surface area contributed by atoms with Gasteiger partial charge >= 0.3 is 0 Å². The molecule has 3 nitrogen and oxygen atoms in total. The Morgan fingerprint density at radius 1 is 1.08 bits per heavy atom. The van der Waals surface area contributed by atoms with Crippen LogP contribution in [0.4, 0.5) is 0 Å². The zero-order valence-corrected chi connectivity index (χ0v) is 17.3. The lowest BCUT2D eigenvalue weighted by molar-refractivity contribution is 0.136. The smallest absolute Gasteiger partial charge is 0.00644 e. The van der Waals surface area contributed by atoms with Crippen LogP contribution in [0.2, 0.25) is 0 Å². The molecule has 1 unspecified atom stereocenters. The van der Waals surface area contributed by atoms with Gasteiger partial charge in [0.15, 0.2) is 0 Å². The van der Waals surface area contributed by atoms with Gasteiger partial charge in [-0.3, -0.25) is 0 Å². The second-order valence-corrected chi connectivity index (χ2v) is 8.56. The first-order valence-electron chi connectivity index (χ1n) is 10.6. The molecule has 3 heteroatoms. The molecule has 2 saturated heterocycles. The molecule has 2 fully saturated rings. The zero-order chi connectivity index (χ0) is 17.9. The monoisotopic (exact) mass is 341 g/mol. The molecule has 2 heterocycles. The Bertz CT molecular complexity index is 304. The Morgan fingerprint density at radius 2 is 1.75 bits per heavy atom. The summed E-state index contributed by atoms with van der Waals surface area (Å²) < 4.78 is 0. The second-order valence-electron chi connectivity index (χ2n) is 8.56. The molecule has 0 aromatic carbocycles. The van der Waals surface area contributed by atoms with Crippen LogP contribution < -0.4 is 5.73 Å². The summed E-state index contributed by atoms with van der Waals surface area (Å²) in [4.78, 5) is 5.19. The minimum atomic E-state index is 0. The van der Waals surface area contributed by atoms with Gasteiger partial charge in [-0.2, -0.15) is 0 Å². The van der Waals surface area contributed by atoms with Gasteiger partial charge in [0.2, 0.25) is 0 Å². The topological polar surface area (TPSA) is 32.5 Å². The largest absolute Gasteiger partial charge is 0.330 e. The first kappa shape index (κ1) is 21.9. The van der Waals surface area contributed by atoms with E-state index < -0.39 is 0 Å². The standard InChI is InChI=1S/C11H24N2.C10H21N.H2/c1-10(2)11-4-8-13(9-5-11)7-3-6-12;1-4-10(3)11-7-5-6-9(2)8-11;/h10-11H,3-9,12H2,1-2H3;9-10H,4-8H2,1-3H3;1H/t;9-,10?;/m.0./s1. The maximum atomic E-state index is 5.49. The fourth-order valence-electron chi connectivity index (χ4n) is 4.04. The lowest BCUT2D eigenvalue weighted by atomic mass is 9.87. The van der Waals surface area contributed by atoms with Gasteiger partial charge < -0.3 is 15.5 Å². The minimum absolute atomic E-state index is 0. The molecule has 0 bridgehead atoms. The predicted molar refractivity (Wildman–Crippen MR) is 110 cm³/mol. The van der Waals surface area contributed by atoms with E-state index in [1.54, 1.807) is 0 Å². The Balaban J connectivity index is 0.000000449. The van der Waals surface area contributed by atoms with E-state index in [0.717, 1.165) is 36.8 Å². The molecule has 2 atom stereocenters. The SMILES string of the molecule is CC(C)C1CCN(CCCN)CC1.CCC(C)N1CCC[C@H](C)C1.[HH]. The summed E-state index contributed by atoms with van der Waals surface area (Å²) in [6, 6.07) is 0.803. The van der Waals surface area contributed by atoms with Crippen molar-refractivity contribution < 1.29 is 1.43 Å². The molecule has 2 rings (SSSR count). The molecular formula is C21H47N3. The van der Waals surface area contributed by atoms with Gasteiger partial charge in [-0.1, -0.05) is 27.7 Å². The molecule has 2 aliphatic heterocycles. The quantitative estimate of drug-likeness (QED) is 0.774. The van der Waals surface area contributed by atoms with Crippen LogP contribution in [0.1, 0.15) is 74.6 Å². The Hall–Kier alpha value is -0.120. The van der Waals surface area contributed by atoms with Crippen molar-refractivity contribution in [1.82, 2.24) is 9.80 Å². The first-order chi connectivity index (χ1) is 11.5. The highest BCUT2D eigenvalue weighted by molar-refractivity contribution is 4.74. The predicted octanol–water partition coefficient (Wildman–Crippen LogP) is 4.47.